The molecule has 1 saturated carbocycles. The summed E-state index contributed by atoms with van der Waals surface area (Å²) in [4.78, 5) is 29.7. The van der Waals surface area contributed by atoms with Crippen molar-refractivity contribution in [2.45, 2.75) is 44.9 Å². The van der Waals surface area contributed by atoms with Gasteiger partial charge in [0.15, 0.2) is 11.6 Å². The first-order valence-electron chi connectivity index (χ1n) is 12.6. The Labute approximate surface area is 219 Å². The fourth-order valence-electron chi connectivity index (χ4n) is 4.53. The van der Waals surface area contributed by atoms with E-state index in [4.69, 9.17) is 5.10 Å². The van der Waals surface area contributed by atoms with Crippen LogP contribution in [-0.2, 0) is 10.0 Å². The van der Waals surface area contributed by atoms with Crippen LogP contribution in [0.25, 0.3) is 22.3 Å². The number of nitrogens with zero attached hydrogens (tertiary/aromatic N) is 9. The Morgan fingerprint density at radius 3 is 2.66 bits per heavy atom. The standard InChI is InChI=1S/C24H28N10O3S/c1-4-31-9-10-32(24(31)35)23-18-13-26-21(11-19(18)34(30-23)15(2)3)28-20-7-8-25-22(29-20)16-12-27-33(14-16)38(36,37)17-5-6-17/h7-8,11-15,17H,4-6,9-10H2,1-3H3,(H,25,26,28,29). The van der Waals surface area contributed by atoms with E-state index in [0.29, 0.717) is 61.3 Å². The lowest BCUT2D eigenvalue weighted by Gasteiger charge is -2.15. The molecule has 0 unspecified atom stereocenters. The molecule has 4 aromatic heterocycles. The van der Waals surface area contributed by atoms with Crippen LogP contribution in [0.3, 0.4) is 0 Å². The molecule has 6 rings (SSSR count). The highest BCUT2D eigenvalue weighted by molar-refractivity contribution is 7.90. The molecule has 2 aliphatic rings. The Hall–Kier alpha value is -4.07. The first-order valence-corrected chi connectivity index (χ1v) is 14.1. The lowest BCUT2D eigenvalue weighted by Crippen LogP contribution is -2.32. The van der Waals surface area contributed by atoms with Crippen LogP contribution in [-0.4, -0.2) is 78.2 Å². The second kappa shape index (κ2) is 9.04. The largest absolute Gasteiger partial charge is 0.325 e. The molecule has 0 radical (unpaired) electrons. The molecule has 2 fully saturated rings. The van der Waals surface area contributed by atoms with Crippen molar-refractivity contribution in [3.05, 3.63) is 36.9 Å². The molecule has 38 heavy (non-hydrogen) atoms. The highest BCUT2D eigenvalue weighted by Crippen LogP contribution is 2.32. The number of carbonyl (C=O) groups is 1. The number of amides is 2. The van der Waals surface area contributed by atoms with Gasteiger partial charge in [-0.1, -0.05) is 0 Å². The number of rotatable bonds is 8. The molecule has 1 N–H and O–H groups in total. The normalized spacial score (nSPS) is 16.3. The highest BCUT2D eigenvalue weighted by Gasteiger charge is 2.38. The van der Waals surface area contributed by atoms with Gasteiger partial charge in [-0.05, 0) is 39.7 Å². The third kappa shape index (κ3) is 4.14. The number of hydrogen-bond acceptors (Lipinski definition) is 9. The van der Waals surface area contributed by atoms with E-state index in [1.807, 2.05) is 31.5 Å². The van der Waals surface area contributed by atoms with Crippen molar-refractivity contribution >= 4 is 44.4 Å². The van der Waals surface area contributed by atoms with E-state index < -0.39 is 10.0 Å². The fourth-order valence-corrected chi connectivity index (χ4v) is 6.00. The molecular weight excluding hydrogens is 508 g/mol. The highest BCUT2D eigenvalue weighted by atomic mass is 32.2. The van der Waals surface area contributed by atoms with Gasteiger partial charge in [-0.15, -0.1) is 0 Å². The van der Waals surface area contributed by atoms with Crippen molar-refractivity contribution in [1.29, 1.82) is 0 Å². The van der Waals surface area contributed by atoms with E-state index in [1.165, 1.54) is 12.4 Å². The number of nitrogens with one attached hydrogen (secondary N) is 1. The van der Waals surface area contributed by atoms with Gasteiger partial charge in [0.05, 0.1) is 34.1 Å². The van der Waals surface area contributed by atoms with Crippen molar-refractivity contribution in [1.82, 2.24) is 38.8 Å². The number of hydrogen-bond donors (Lipinski definition) is 1. The third-order valence-electron chi connectivity index (χ3n) is 6.73. The smallest absolute Gasteiger partial charge is 0.325 e. The molecule has 0 aromatic carbocycles. The molecule has 1 saturated heterocycles. The quantitative estimate of drug-likeness (QED) is 0.359. The van der Waals surface area contributed by atoms with Crippen LogP contribution in [0.15, 0.2) is 36.9 Å². The van der Waals surface area contributed by atoms with Crippen molar-refractivity contribution in [3.8, 4) is 11.4 Å². The van der Waals surface area contributed by atoms with Crippen molar-refractivity contribution in [2.75, 3.05) is 29.9 Å². The average molecular weight is 537 g/mol. The van der Waals surface area contributed by atoms with Crippen LogP contribution in [0.5, 0.6) is 0 Å². The van der Waals surface area contributed by atoms with E-state index >= 15 is 0 Å². The number of aromatic nitrogens is 7. The maximum atomic E-state index is 12.8. The Balaban J connectivity index is 1.29. The predicted octanol–water partition coefficient (Wildman–Crippen LogP) is 3.01. The van der Waals surface area contributed by atoms with Crippen molar-refractivity contribution < 1.29 is 13.2 Å². The number of likely N-dealkylation sites (N-methyl/N-ethyl adjacent to an activating group) is 1. The van der Waals surface area contributed by atoms with Gasteiger partial charge >= 0.3 is 6.03 Å². The molecule has 5 heterocycles. The molecule has 1 aliphatic heterocycles. The van der Waals surface area contributed by atoms with E-state index in [2.05, 4.69) is 25.4 Å². The number of pyridine rings is 1. The maximum absolute atomic E-state index is 12.8. The summed E-state index contributed by atoms with van der Waals surface area (Å²) in [6.07, 6.45) is 7.52. The minimum absolute atomic E-state index is 0.0493. The Kier molecular flexibility index (Phi) is 5.78. The van der Waals surface area contributed by atoms with Gasteiger partial charge in [-0.3, -0.25) is 9.58 Å². The van der Waals surface area contributed by atoms with Crippen LogP contribution < -0.4 is 10.2 Å². The topological polar surface area (TPSA) is 144 Å². The van der Waals surface area contributed by atoms with E-state index in [1.54, 1.807) is 28.3 Å². The van der Waals surface area contributed by atoms with Crippen LogP contribution in [0.2, 0.25) is 0 Å². The fraction of sp³-hybridized carbons (Fsp3) is 0.417. The maximum Gasteiger partial charge on any atom is 0.325 e. The first-order chi connectivity index (χ1) is 18.3. The summed E-state index contributed by atoms with van der Waals surface area (Å²) in [5.74, 6) is 1.99. The molecule has 13 nitrogen and oxygen atoms in total. The van der Waals surface area contributed by atoms with E-state index in [0.717, 1.165) is 15.0 Å². The Bertz CT molecular complexity index is 1640. The first kappa shape index (κ1) is 24.3. The van der Waals surface area contributed by atoms with Crippen LogP contribution in [0, 0.1) is 0 Å². The predicted molar refractivity (Wildman–Crippen MR) is 142 cm³/mol. The summed E-state index contributed by atoms with van der Waals surface area (Å²) in [5, 5.41) is 12.4. The van der Waals surface area contributed by atoms with Crippen molar-refractivity contribution in [2.24, 2.45) is 0 Å². The summed E-state index contributed by atoms with van der Waals surface area (Å²) < 4.78 is 27.8. The van der Waals surface area contributed by atoms with E-state index in [9.17, 15) is 13.2 Å². The van der Waals surface area contributed by atoms with Gasteiger partial charge in [-0.2, -0.15) is 14.3 Å². The Morgan fingerprint density at radius 1 is 1.13 bits per heavy atom. The van der Waals surface area contributed by atoms with Gasteiger partial charge in [0.1, 0.15) is 11.6 Å². The molecule has 2 amide bonds. The van der Waals surface area contributed by atoms with Gasteiger partial charge in [-0.25, -0.2) is 28.2 Å². The Morgan fingerprint density at radius 2 is 1.95 bits per heavy atom. The number of urea groups is 1. The summed E-state index contributed by atoms with van der Waals surface area (Å²) in [5.41, 5.74) is 1.34. The van der Waals surface area contributed by atoms with Crippen LogP contribution >= 0.6 is 0 Å². The van der Waals surface area contributed by atoms with Gasteiger partial charge < -0.3 is 10.2 Å². The molecule has 198 valence electrons. The average Bonchev–Trinajstić information content (AvgIpc) is 3.36. The lowest BCUT2D eigenvalue weighted by molar-refractivity contribution is 0.223. The van der Waals surface area contributed by atoms with Crippen molar-refractivity contribution in [3.63, 3.8) is 0 Å². The molecule has 0 bridgehead atoms. The molecule has 0 atom stereocenters. The van der Waals surface area contributed by atoms with Gasteiger partial charge in [0, 0.05) is 44.1 Å². The number of fused-ring (bicyclic) bond motifs is 1. The second-order valence-electron chi connectivity index (χ2n) is 9.70. The zero-order chi connectivity index (χ0) is 26.6. The summed E-state index contributed by atoms with van der Waals surface area (Å²) in [6, 6.07) is 3.60. The summed E-state index contributed by atoms with van der Waals surface area (Å²) >= 11 is 0. The summed E-state index contributed by atoms with van der Waals surface area (Å²) in [7, 11) is -3.47. The third-order valence-corrected chi connectivity index (χ3v) is 8.77. The lowest BCUT2D eigenvalue weighted by atomic mass is 10.2. The zero-order valence-corrected chi connectivity index (χ0v) is 22.1. The minimum Gasteiger partial charge on any atom is -0.325 e. The molecule has 0 spiro atoms. The SMILES string of the molecule is CCN1CCN(c2nn(C(C)C)c3cc(Nc4ccnc(-c5cnn(S(=O)(=O)C6CC6)c5)n4)ncc23)C1=O. The van der Waals surface area contributed by atoms with Gasteiger partial charge in [0.25, 0.3) is 10.0 Å². The number of anilines is 3. The molecule has 4 aromatic rings. The summed E-state index contributed by atoms with van der Waals surface area (Å²) in [6.45, 7) is 7.94. The van der Waals surface area contributed by atoms with E-state index in [-0.39, 0.29) is 17.3 Å². The van der Waals surface area contributed by atoms with Crippen LogP contribution in [0.1, 0.15) is 39.7 Å². The minimum atomic E-state index is -3.47. The monoisotopic (exact) mass is 536 g/mol. The zero-order valence-electron chi connectivity index (χ0n) is 21.3. The second-order valence-corrected chi connectivity index (χ2v) is 11.8. The molecular formula is C24H28N10O3S. The van der Waals surface area contributed by atoms with Gasteiger partial charge in [0.2, 0.25) is 0 Å². The van der Waals surface area contributed by atoms with Crippen LogP contribution in [0.4, 0.5) is 22.2 Å². The molecule has 14 heteroatoms. The molecule has 1 aliphatic carbocycles. The number of carbonyl (C=O) groups excluding carboxylic acids is 1.